The van der Waals surface area contributed by atoms with Crippen LogP contribution in [0.5, 0.6) is 0 Å². The third kappa shape index (κ3) is 1.01. The lowest BCUT2D eigenvalue weighted by atomic mass is 10.1. The molecule has 0 amide bonds. The zero-order valence-corrected chi connectivity index (χ0v) is 5.64. The van der Waals surface area contributed by atoms with Gasteiger partial charge in [0.05, 0.1) is 0 Å². The highest BCUT2D eigenvalue weighted by molar-refractivity contribution is 5.02. The molecule has 0 spiro atoms. The fourth-order valence-electron chi connectivity index (χ4n) is 1.79. The second-order valence-corrected chi connectivity index (χ2v) is 3.05. The quantitative estimate of drug-likeness (QED) is 0.481. The van der Waals surface area contributed by atoms with Gasteiger partial charge in [-0.25, -0.2) is 0 Å². The Kier molecular flexibility index (Phi) is 1.31. The van der Waals surface area contributed by atoms with Crippen LogP contribution in [0.25, 0.3) is 0 Å². The molecule has 2 aliphatic rings. The Hall–Kier alpha value is -0.300. The fourth-order valence-corrected chi connectivity index (χ4v) is 1.79. The van der Waals surface area contributed by atoms with E-state index in [9.17, 15) is 0 Å². The molecule has 2 heterocycles. The van der Waals surface area contributed by atoms with Gasteiger partial charge in [-0.15, -0.1) is 0 Å². The Bertz CT molecular complexity index is 129. The molecule has 0 radical (unpaired) electrons. The average Bonchev–Trinajstić information content (AvgIpc) is 2.09. The van der Waals surface area contributed by atoms with Crippen LogP contribution in [0.4, 0.5) is 0 Å². The summed E-state index contributed by atoms with van der Waals surface area (Å²) in [4.78, 5) is 0. The Morgan fingerprint density at radius 1 is 1.22 bits per heavy atom. The first-order valence-electron chi connectivity index (χ1n) is 3.88. The summed E-state index contributed by atoms with van der Waals surface area (Å²) >= 11 is 0. The average molecular weight is 123 g/mol. The maximum absolute atomic E-state index is 3.57. The molecular weight excluding hydrogens is 110 g/mol. The smallest absolute Gasteiger partial charge is 0.0253 e. The van der Waals surface area contributed by atoms with Gasteiger partial charge in [0.25, 0.3) is 0 Å². The molecular formula is C8H13N. The molecule has 1 heteroatoms. The molecule has 1 nitrogen and oxygen atoms in total. The van der Waals surface area contributed by atoms with E-state index < -0.39 is 0 Å². The summed E-state index contributed by atoms with van der Waals surface area (Å²) in [7, 11) is 0. The number of allylic oxidation sites excluding steroid dienone is 1. The van der Waals surface area contributed by atoms with Crippen LogP contribution in [0.1, 0.15) is 25.7 Å². The molecule has 2 aliphatic heterocycles. The second-order valence-electron chi connectivity index (χ2n) is 3.05. The van der Waals surface area contributed by atoms with Gasteiger partial charge in [0.1, 0.15) is 0 Å². The zero-order valence-electron chi connectivity index (χ0n) is 5.64. The molecule has 2 atom stereocenters. The Balaban J connectivity index is 2.10. The predicted molar refractivity (Wildman–Crippen MR) is 38.3 cm³/mol. The molecule has 0 aromatic rings. The standard InChI is InChI=1S/C8H13N/c1-2-4-8-6-5-7(3-1)9-8/h1,3,7-9H,2,4-6H2. The first kappa shape index (κ1) is 5.48. The van der Waals surface area contributed by atoms with Crippen molar-refractivity contribution < 1.29 is 0 Å². The topological polar surface area (TPSA) is 12.0 Å². The summed E-state index contributed by atoms with van der Waals surface area (Å²) in [6.07, 6.45) is 10.0. The van der Waals surface area contributed by atoms with Crippen LogP contribution >= 0.6 is 0 Å². The van der Waals surface area contributed by atoms with E-state index in [1.807, 2.05) is 0 Å². The maximum Gasteiger partial charge on any atom is 0.0253 e. The third-order valence-electron chi connectivity index (χ3n) is 2.33. The first-order valence-corrected chi connectivity index (χ1v) is 3.88. The van der Waals surface area contributed by atoms with Crippen molar-refractivity contribution in [1.82, 2.24) is 5.32 Å². The van der Waals surface area contributed by atoms with Crippen molar-refractivity contribution in [2.75, 3.05) is 0 Å². The van der Waals surface area contributed by atoms with Crippen molar-refractivity contribution in [2.45, 2.75) is 37.8 Å². The summed E-state index contributed by atoms with van der Waals surface area (Å²) in [5.41, 5.74) is 0. The van der Waals surface area contributed by atoms with Crippen molar-refractivity contribution in [1.29, 1.82) is 0 Å². The van der Waals surface area contributed by atoms with Gasteiger partial charge in [0.15, 0.2) is 0 Å². The van der Waals surface area contributed by atoms with E-state index in [0.717, 1.165) is 12.1 Å². The molecule has 9 heavy (non-hydrogen) atoms. The van der Waals surface area contributed by atoms with Crippen LogP contribution in [0.3, 0.4) is 0 Å². The summed E-state index contributed by atoms with van der Waals surface area (Å²) in [5.74, 6) is 0. The summed E-state index contributed by atoms with van der Waals surface area (Å²) in [5, 5.41) is 3.57. The molecule has 0 aromatic carbocycles. The van der Waals surface area contributed by atoms with E-state index >= 15 is 0 Å². The molecule has 1 fully saturated rings. The summed E-state index contributed by atoms with van der Waals surface area (Å²) in [6, 6.07) is 1.56. The van der Waals surface area contributed by atoms with Crippen molar-refractivity contribution in [3.8, 4) is 0 Å². The molecule has 0 aliphatic carbocycles. The monoisotopic (exact) mass is 123 g/mol. The van der Waals surface area contributed by atoms with Crippen LogP contribution in [-0.4, -0.2) is 12.1 Å². The molecule has 0 saturated carbocycles. The van der Waals surface area contributed by atoms with E-state index in [2.05, 4.69) is 17.5 Å². The van der Waals surface area contributed by atoms with Crippen LogP contribution in [-0.2, 0) is 0 Å². The van der Waals surface area contributed by atoms with Gasteiger partial charge in [-0.2, -0.15) is 0 Å². The van der Waals surface area contributed by atoms with Crippen LogP contribution in [0, 0.1) is 0 Å². The van der Waals surface area contributed by atoms with Crippen LogP contribution < -0.4 is 5.32 Å². The Morgan fingerprint density at radius 2 is 2.22 bits per heavy atom. The highest BCUT2D eigenvalue weighted by Crippen LogP contribution is 2.20. The molecule has 50 valence electrons. The Labute approximate surface area is 56.1 Å². The van der Waals surface area contributed by atoms with Crippen molar-refractivity contribution in [3.05, 3.63) is 12.2 Å². The van der Waals surface area contributed by atoms with E-state index in [1.165, 1.54) is 25.7 Å². The molecule has 1 N–H and O–H groups in total. The fraction of sp³-hybridized carbons (Fsp3) is 0.750. The van der Waals surface area contributed by atoms with E-state index in [1.54, 1.807) is 0 Å². The van der Waals surface area contributed by atoms with Crippen molar-refractivity contribution >= 4 is 0 Å². The van der Waals surface area contributed by atoms with Gasteiger partial charge >= 0.3 is 0 Å². The van der Waals surface area contributed by atoms with Gasteiger partial charge in [-0.3, -0.25) is 0 Å². The summed E-state index contributed by atoms with van der Waals surface area (Å²) < 4.78 is 0. The van der Waals surface area contributed by atoms with Gasteiger partial charge in [-0.1, -0.05) is 12.2 Å². The number of rotatable bonds is 0. The van der Waals surface area contributed by atoms with Gasteiger partial charge in [0, 0.05) is 12.1 Å². The van der Waals surface area contributed by atoms with E-state index in [-0.39, 0.29) is 0 Å². The minimum atomic E-state index is 0.720. The van der Waals surface area contributed by atoms with E-state index in [0.29, 0.717) is 0 Å². The highest BCUT2D eigenvalue weighted by Gasteiger charge is 2.22. The van der Waals surface area contributed by atoms with Gasteiger partial charge in [-0.05, 0) is 25.7 Å². The lowest BCUT2D eigenvalue weighted by Gasteiger charge is -2.06. The SMILES string of the molecule is C1=CC2CCC(CC1)N2. The molecule has 2 rings (SSSR count). The molecule has 2 unspecified atom stereocenters. The molecule has 0 aromatic heterocycles. The largest absolute Gasteiger partial charge is 0.308 e. The molecule has 2 bridgehead atoms. The summed E-state index contributed by atoms with van der Waals surface area (Å²) in [6.45, 7) is 0. The normalized spacial score (nSPS) is 40.9. The van der Waals surface area contributed by atoms with E-state index in [4.69, 9.17) is 0 Å². The number of hydrogen-bond acceptors (Lipinski definition) is 1. The maximum atomic E-state index is 3.57. The first-order chi connectivity index (χ1) is 4.45. The van der Waals surface area contributed by atoms with Crippen molar-refractivity contribution in [3.63, 3.8) is 0 Å². The third-order valence-corrected chi connectivity index (χ3v) is 2.33. The lowest BCUT2D eigenvalue weighted by Crippen LogP contribution is -2.25. The van der Waals surface area contributed by atoms with Gasteiger partial charge in [0.2, 0.25) is 0 Å². The minimum Gasteiger partial charge on any atom is -0.308 e. The van der Waals surface area contributed by atoms with Crippen molar-refractivity contribution in [2.24, 2.45) is 0 Å². The number of nitrogens with one attached hydrogen (secondary N) is 1. The number of fused-ring (bicyclic) bond motifs is 2. The number of hydrogen-bond donors (Lipinski definition) is 1. The van der Waals surface area contributed by atoms with Crippen LogP contribution in [0.2, 0.25) is 0 Å². The molecule has 1 saturated heterocycles. The second kappa shape index (κ2) is 2.14. The Morgan fingerprint density at radius 3 is 3.22 bits per heavy atom. The highest BCUT2D eigenvalue weighted by atomic mass is 15.0. The van der Waals surface area contributed by atoms with Crippen LogP contribution in [0.15, 0.2) is 12.2 Å². The van der Waals surface area contributed by atoms with Gasteiger partial charge < -0.3 is 5.32 Å². The lowest BCUT2D eigenvalue weighted by molar-refractivity contribution is 0.558. The predicted octanol–water partition coefficient (Wildman–Crippen LogP) is 1.46. The minimum absolute atomic E-state index is 0.720. The zero-order chi connectivity index (χ0) is 6.10.